The number of nitrogens with one attached hydrogen (secondary N) is 1. The first-order valence-corrected chi connectivity index (χ1v) is 4.98. The minimum absolute atomic E-state index is 0.0316. The number of halogens is 1. The monoisotopic (exact) mass is 206 g/mol. The Morgan fingerprint density at radius 2 is 2.20 bits per heavy atom. The van der Waals surface area contributed by atoms with Gasteiger partial charge in [-0.1, -0.05) is 0 Å². The number of likely N-dealkylation sites (N-methyl/N-ethyl adjacent to an activating group) is 1. The Kier molecular flexibility index (Phi) is 1.45. The summed E-state index contributed by atoms with van der Waals surface area (Å²) in [6.45, 7) is 0. The van der Waals surface area contributed by atoms with Gasteiger partial charge in [-0.25, -0.2) is 4.39 Å². The van der Waals surface area contributed by atoms with Crippen molar-refractivity contribution in [2.75, 3.05) is 17.3 Å². The molecule has 1 aromatic rings. The molecule has 1 spiro atoms. The fraction of sp³-hybridized carbons (Fsp3) is 0.364. The fourth-order valence-corrected chi connectivity index (χ4v) is 2.19. The highest BCUT2D eigenvalue weighted by Crippen LogP contribution is 2.49. The quantitative estimate of drug-likeness (QED) is 0.701. The Hall–Kier alpha value is -1.58. The average molecular weight is 206 g/mol. The molecule has 1 aromatic carbocycles. The highest BCUT2D eigenvalue weighted by Gasteiger charge is 2.56. The van der Waals surface area contributed by atoms with E-state index in [2.05, 4.69) is 5.32 Å². The van der Waals surface area contributed by atoms with Gasteiger partial charge in [-0.2, -0.15) is 0 Å². The molecule has 4 heteroatoms. The summed E-state index contributed by atoms with van der Waals surface area (Å²) < 4.78 is 13.1. The maximum atomic E-state index is 13.1. The van der Waals surface area contributed by atoms with Gasteiger partial charge in [-0.3, -0.25) is 4.79 Å². The van der Waals surface area contributed by atoms with Gasteiger partial charge in [-0.05, 0) is 31.0 Å². The highest BCUT2D eigenvalue weighted by atomic mass is 19.1. The van der Waals surface area contributed by atoms with Crippen LogP contribution >= 0.6 is 0 Å². The summed E-state index contributed by atoms with van der Waals surface area (Å²) in [4.78, 5) is 13.7. The third-order valence-electron chi connectivity index (χ3n) is 3.36. The van der Waals surface area contributed by atoms with Crippen LogP contribution in [-0.2, 0) is 4.79 Å². The largest absolute Gasteiger partial charge is 0.358 e. The molecule has 1 aliphatic heterocycles. The lowest BCUT2D eigenvalue weighted by Crippen LogP contribution is -2.48. The molecule has 0 unspecified atom stereocenters. The van der Waals surface area contributed by atoms with Crippen LogP contribution in [0.2, 0.25) is 0 Å². The molecule has 1 heterocycles. The van der Waals surface area contributed by atoms with Gasteiger partial charge in [0.05, 0.1) is 11.4 Å². The van der Waals surface area contributed by atoms with Gasteiger partial charge in [0, 0.05) is 7.05 Å². The maximum Gasteiger partial charge on any atom is 0.250 e. The van der Waals surface area contributed by atoms with Gasteiger partial charge in [0.2, 0.25) is 5.91 Å². The standard InChI is InChI=1S/C11H11FN2O/c1-14-9-6-7(12)2-3-8(9)13-10(15)11(14)4-5-11/h2-3,6H,4-5H2,1H3,(H,13,15). The van der Waals surface area contributed by atoms with Crippen LogP contribution < -0.4 is 10.2 Å². The van der Waals surface area contributed by atoms with Crippen molar-refractivity contribution in [1.82, 2.24) is 0 Å². The van der Waals surface area contributed by atoms with Gasteiger partial charge in [0.15, 0.2) is 0 Å². The van der Waals surface area contributed by atoms with Crippen LogP contribution in [0.1, 0.15) is 12.8 Å². The average Bonchev–Trinajstić information content (AvgIpc) is 2.99. The SMILES string of the molecule is CN1c2cc(F)ccc2NC(=O)C12CC2. The van der Waals surface area contributed by atoms with Crippen molar-refractivity contribution in [1.29, 1.82) is 0 Å². The molecule has 1 saturated carbocycles. The van der Waals surface area contributed by atoms with Gasteiger partial charge in [0.1, 0.15) is 11.4 Å². The predicted octanol–water partition coefficient (Wildman–Crippen LogP) is 1.75. The number of nitrogens with zero attached hydrogens (tertiary/aromatic N) is 1. The van der Waals surface area contributed by atoms with Crippen LogP contribution in [0.5, 0.6) is 0 Å². The predicted molar refractivity (Wildman–Crippen MR) is 55.4 cm³/mol. The summed E-state index contributed by atoms with van der Waals surface area (Å²) in [5.74, 6) is -0.239. The van der Waals surface area contributed by atoms with Crippen molar-refractivity contribution in [3.63, 3.8) is 0 Å². The number of hydrogen-bond donors (Lipinski definition) is 1. The van der Waals surface area contributed by atoms with Crippen molar-refractivity contribution >= 4 is 17.3 Å². The van der Waals surface area contributed by atoms with Crippen molar-refractivity contribution < 1.29 is 9.18 Å². The van der Waals surface area contributed by atoms with Crippen LogP contribution in [0.15, 0.2) is 18.2 Å². The van der Waals surface area contributed by atoms with Gasteiger partial charge >= 0.3 is 0 Å². The van der Waals surface area contributed by atoms with E-state index in [9.17, 15) is 9.18 Å². The topological polar surface area (TPSA) is 32.3 Å². The first kappa shape index (κ1) is 8.71. The van der Waals surface area contributed by atoms with Gasteiger partial charge in [-0.15, -0.1) is 0 Å². The van der Waals surface area contributed by atoms with E-state index in [-0.39, 0.29) is 11.7 Å². The van der Waals surface area contributed by atoms with Crippen LogP contribution in [0.25, 0.3) is 0 Å². The van der Waals surface area contributed by atoms with E-state index in [0.717, 1.165) is 18.5 Å². The number of hydrogen-bond acceptors (Lipinski definition) is 2. The zero-order chi connectivity index (χ0) is 10.6. The van der Waals surface area contributed by atoms with E-state index < -0.39 is 5.54 Å². The Balaban J connectivity index is 2.14. The Labute approximate surface area is 86.9 Å². The number of fused-ring (bicyclic) bond motifs is 1. The number of amides is 1. The van der Waals surface area contributed by atoms with Crippen LogP contribution in [-0.4, -0.2) is 18.5 Å². The zero-order valence-electron chi connectivity index (χ0n) is 8.38. The molecule has 2 aliphatic rings. The molecular weight excluding hydrogens is 195 g/mol. The Bertz CT molecular complexity index is 454. The highest BCUT2D eigenvalue weighted by molar-refractivity contribution is 6.08. The second-order valence-corrected chi connectivity index (χ2v) is 4.21. The lowest BCUT2D eigenvalue weighted by atomic mass is 10.1. The molecule has 3 nitrogen and oxygen atoms in total. The van der Waals surface area contributed by atoms with Crippen molar-refractivity contribution in [2.45, 2.75) is 18.4 Å². The molecule has 3 rings (SSSR count). The first-order chi connectivity index (χ1) is 7.13. The molecule has 0 atom stereocenters. The van der Waals surface area contributed by atoms with E-state index in [1.807, 2.05) is 11.9 Å². The first-order valence-electron chi connectivity index (χ1n) is 4.98. The molecule has 1 N–H and O–H groups in total. The normalized spacial score (nSPS) is 21.2. The van der Waals surface area contributed by atoms with Gasteiger partial charge < -0.3 is 10.2 Å². The molecule has 1 amide bonds. The third-order valence-corrected chi connectivity index (χ3v) is 3.36. The van der Waals surface area contributed by atoms with E-state index in [1.54, 1.807) is 6.07 Å². The minimum Gasteiger partial charge on any atom is -0.358 e. The van der Waals surface area contributed by atoms with Crippen molar-refractivity contribution in [3.05, 3.63) is 24.0 Å². The second kappa shape index (κ2) is 2.51. The van der Waals surface area contributed by atoms with E-state index in [0.29, 0.717) is 5.69 Å². The summed E-state index contributed by atoms with van der Waals surface area (Å²) in [5.41, 5.74) is 1.06. The lowest BCUT2D eigenvalue weighted by molar-refractivity contribution is -0.118. The van der Waals surface area contributed by atoms with E-state index in [1.165, 1.54) is 12.1 Å². The maximum absolute atomic E-state index is 13.1. The van der Waals surface area contributed by atoms with Crippen molar-refractivity contribution in [3.8, 4) is 0 Å². The summed E-state index contributed by atoms with van der Waals surface area (Å²) in [7, 11) is 1.85. The molecule has 0 aromatic heterocycles. The van der Waals surface area contributed by atoms with Crippen LogP contribution in [0.4, 0.5) is 15.8 Å². The summed E-state index contributed by atoms with van der Waals surface area (Å²) in [5, 5.41) is 2.82. The Morgan fingerprint density at radius 1 is 1.47 bits per heavy atom. The number of carbonyl (C=O) groups is 1. The number of anilines is 2. The molecule has 0 saturated heterocycles. The number of benzene rings is 1. The van der Waals surface area contributed by atoms with Crippen LogP contribution in [0.3, 0.4) is 0 Å². The number of rotatable bonds is 0. The minimum atomic E-state index is -0.402. The summed E-state index contributed by atoms with van der Waals surface area (Å²) in [6.07, 6.45) is 1.70. The molecule has 1 aliphatic carbocycles. The smallest absolute Gasteiger partial charge is 0.250 e. The molecular formula is C11H11FN2O. The number of carbonyl (C=O) groups excluding carboxylic acids is 1. The summed E-state index contributed by atoms with van der Waals surface area (Å²) in [6, 6.07) is 4.43. The van der Waals surface area contributed by atoms with E-state index in [4.69, 9.17) is 0 Å². The van der Waals surface area contributed by atoms with Crippen LogP contribution in [0, 0.1) is 5.82 Å². The Morgan fingerprint density at radius 3 is 2.87 bits per heavy atom. The molecule has 0 radical (unpaired) electrons. The molecule has 0 bridgehead atoms. The summed E-state index contributed by atoms with van der Waals surface area (Å²) >= 11 is 0. The molecule has 78 valence electrons. The lowest BCUT2D eigenvalue weighted by Gasteiger charge is -2.35. The van der Waals surface area contributed by atoms with E-state index >= 15 is 0 Å². The fourth-order valence-electron chi connectivity index (χ4n) is 2.19. The molecule has 15 heavy (non-hydrogen) atoms. The third kappa shape index (κ3) is 1.02. The van der Waals surface area contributed by atoms with Gasteiger partial charge in [0.25, 0.3) is 0 Å². The van der Waals surface area contributed by atoms with Crippen molar-refractivity contribution in [2.24, 2.45) is 0 Å². The molecule has 1 fully saturated rings. The second-order valence-electron chi connectivity index (χ2n) is 4.21. The zero-order valence-corrected chi connectivity index (χ0v) is 8.38.